The summed E-state index contributed by atoms with van der Waals surface area (Å²) in [7, 11) is 0. The zero-order valence-corrected chi connectivity index (χ0v) is 12.4. The summed E-state index contributed by atoms with van der Waals surface area (Å²) >= 11 is 0. The first kappa shape index (κ1) is 14.7. The largest absolute Gasteiger partial charge is 0.457 e. The molecule has 0 spiro atoms. The van der Waals surface area contributed by atoms with Gasteiger partial charge in [0, 0.05) is 22.5 Å². The van der Waals surface area contributed by atoms with E-state index >= 15 is 0 Å². The zero-order valence-electron chi connectivity index (χ0n) is 12.4. The van der Waals surface area contributed by atoms with Crippen LogP contribution in [0.1, 0.15) is 15.9 Å². The quantitative estimate of drug-likeness (QED) is 0.566. The second-order valence-electron chi connectivity index (χ2n) is 5.15. The third-order valence-electron chi connectivity index (χ3n) is 3.41. The van der Waals surface area contributed by atoms with Gasteiger partial charge in [0.25, 0.3) is 0 Å². The number of ether oxygens (including phenoxy) is 1. The molecule has 0 heterocycles. The van der Waals surface area contributed by atoms with Gasteiger partial charge in [0.15, 0.2) is 5.78 Å². The smallest absolute Gasteiger partial charge is 0.193 e. The molecule has 0 fully saturated rings. The molecule has 0 bridgehead atoms. The molecule has 0 atom stereocenters. The van der Waals surface area contributed by atoms with Crippen molar-refractivity contribution in [3.63, 3.8) is 0 Å². The van der Waals surface area contributed by atoms with Gasteiger partial charge < -0.3 is 16.2 Å². The van der Waals surface area contributed by atoms with Crippen molar-refractivity contribution in [1.82, 2.24) is 0 Å². The fourth-order valence-electron chi connectivity index (χ4n) is 2.15. The van der Waals surface area contributed by atoms with Gasteiger partial charge in [-0.1, -0.05) is 0 Å². The van der Waals surface area contributed by atoms with Gasteiger partial charge in [-0.05, 0) is 72.8 Å². The molecule has 4 N–H and O–H groups in total. The lowest BCUT2D eigenvalue weighted by molar-refractivity contribution is 0.103. The minimum atomic E-state index is -0.0518. The van der Waals surface area contributed by atoms with Crippen LogP contribution in [0.15, 0.2) is 72.8 Å². The van der Waals surface area contributed by atoms with E-state index in [1.807, 2.05) is 0 Å². The van der Waals surface area contributed by atoms with Crippen LogP contribution in [0, 0.1) is 0 Å². The van der Waals surface area contributed by atoms with Crippen LogP contribution in [0.3, 0.4) is 0 Å². The molecule has 114 valence electrons. The molecule has 4 nitrogen and oxygen atoms in total. The second kappa shape index (κ2) is 6.23. The average molecular weight is 304 g/mol. The Morgan fingerprint density at radius 2 is 0.957 bits per heavy atom. The van der Waals surface area contributed by atoms with Crippen molar-refractivity contribution in [1.29, 1.82) is 0 Å². The summed E-state index contributed by atoms with van der Waals surface area (Å²) in [6.07, 6.45) is 0. The Kier molecular flexibility index (Phi) is 3.97. The molecule has 0 aliphatic carbocycles. The maximum absolute atomic E-state index is 12.4. The maximum Gasteiger partial charge on any atom is 0.193 e. The third-order valence-corrected chi connectivity index (χ3v) is 3.41. The van der Waals surface area contributed by atoms with E-state index in [-0.39, 0.29) is 5.78 Å². The molecular formula is C19H16N2O2. The summed E-state index contributed by atoms with van der Waals surface area (Å²) in [6, 6.07) is 21.0. The SMILES string of the molecule is Nc1ccc(Oc2ccc(C(=O)c3ccc(N)cc3)cc2)cc1. The minimum absolute atomic E-state index is 0.0518. The van der Waals surface area contributed by atoms with Gasteiger partial charge in [-0.3, -0.25) is 4.79 Å². The predicted octanol–water partition coefficient (Wildman–Crippen LogP) is 3.87. The van der Waals surface area contributed by atoms with Crippen molar-refractivity contribution < 1.29 is 9.53 Å². The van der Waals surface area contributed by atoms with Crippen molar-refractivity contribution in [2.75, 3.05) is 11.5 Å². The number of rotatable bonds is 4. The third kappa shape index (κ3) is 3.49. The molecule has 0 saturated carbocycles. The molecule has 0 radical (unpaired) electrons. The van der Waals surface area contributed by atoms with E-state index in [9.17, 15) is 4.79 Å². The molecule has 0 aliphatic rings. The lowest BCUT2D eigenvalue weighted by Gasteiger charge is -2.07. The molecular weight excluding hydrogens is 288 g/mol. The number of benzene rings is 3. The van der Waals surface area contributed by atoms with Crippen LogP contribution in [-0.2, 0) is 0 Å². The monoisotopic (exact) mass is 304 g/mol. The number of hydrogen-bond donors (Lipinski definition) is 2. The maximum atomic E-state index is 12.4. The number of ketones is 1. The van der Waals surface area contributed by atoms with Gasteiger partial charge in [0.1, 0.15) is 11.5 Å². The van der Waals surface area contributed by atoms with Gasteiger partial charge >= 0.3 is 0 Å². The highest BCUT2D eigenvalue weighted by Gasteiger charge is 2.09. The van der Waals surface area contributed by atoms with Gasteiger partial charge in [-0.25, -0.2) is 0 Å². The Labute approximate surface area is 134 Å². The standard InChI is InChI=1S/C19H16N2O2/c20-15-5-1-13(2-6-15)19(22)14-3-9-17(10-4-14)23-18-11-7-16(21)8-12-18/h1-12H,20-21H2. The molecule has 3 rings (SSSR count). The first-order valence-electron chi connectivity index (χ1n) is 7.15. The zero-order chi connectivity index (χ0) is 16.2. The molecule has 0 aromatic heterocycles. The first-order valence-corrected chi connectivity index (χ1v) is 7.15. The van der Waals surface area contributed by atoms with Crippen molar-refractivity contribution in [3.8, 4) is 11.5 Å². The number of carbonyl (C=O) groups excluding carboxylic acids is 1. The van der Waals surface area contributed by atoms with Crippen LogP contribution in [0.5, 0.6) is 11.5 Å². The summed E-state index contributed by atoms with van der Waals surface area (Å²) < 4.78 is 5.71. The average Bonchev–Trinajstić information content (AvgIpc) is 2.58. The van der Waals surface area contributed by atoms with Crippen molar-refractivity contribution >= 4 is 17.2 Å². The van der Waals surface area contributed by atoms with E-state index in [0.717, 1.165) is 0 Å². The van der Waals surface area contributed by atoms with Crippen LogP contribution in [0.25, 0.3) is 0 Å². The van der Waals surface area contributed by atoms with E-state index in [1.165, 1.54) is 0 Å². The summed E-state index contributed by atoms with van der Waals surface area (Å²) in [4.78, 5) is 12.4. The van der Waals surface area contributed by atoms with Crippen LogP contribution in [0.2, 0.25) is 0 Å². The van der Waals surface area contributed by atoms with Crippen molar-refractivity contribution in [2.24, 2.45) is 0 Å². The molecule has 23 heavy (non-hydrogen) atoms. The lowest BCUT2D eigenvalue weighted by Crippen LogP contribution is -2.01. The normalized spacial score (nSPS) is 10.3. The van der Waals surface area contributed by atoms with E-state index in [1.54, 1.807) is 72.8 Å². The van der Waals surface area contributed by atoms with Crippen LogP contribution < -0.4 is 16.2 Å². The highest BCUT2D eigenvalue weighted by molar-refractivity contribution is 6.09. The van der Waals surface area contributed by atoms with Gasteiger partial charge in [-0.2, -0.15) is 0 Å². The van der Waals surface area contributed by atoms with Crippen LogP contribution in [-0.4, -0.2) is 5.78 Å². The molecule has 0 unspecified atom stereocenters. The molecule has 3 aromatic carbocycles. The Bertz CT molecular complexity index is 807. The Morgan fingerprint density at radius 3 is 1.43 bits per heavy atom. The van der Waals surface area contributed by atoms with Crippen LogP contribution >= 0.6 is 0 Å². The lowest BCUT2D eigenvalue weighted by atomic mass is 10.0. The predicted molar refractivity (Wildman–Crippen MR) is 91.7 cm³/mol. The van der Waals surface area contributed by atoms with E-state index in [4.69, 9.17) is 16.2 Å². The fourth-order valence-corrected chi connectivity index (χ4v) is 2.15. The highest BCUT2D eigenvalue weighted by Crippen LogP contribution is 2.23. The van der Waals surface area contributed by atoms with E-state index < -0.39 is 0 Å². The van der Waals surface area contributed by atoms with Gasteiger partial charge in [0.05, 0.1) is 0 Å². The highest BCUT2D eigenvalue weighted by atomic mass is 16.5. The minimum Gasteiger partial charge on any atom is -0.457 e. The molecule has 0 aliphatic heterocycles. The first-order chi connectivity index (χ1) is 11.1. The number of hydrogen-bond acceptors (Lipinski definition) is 4. The Morgan fingerprint density at radius 1 is 0.609 bits per heavy atom. The van der Waals surface area contributed by atoms with Crippen LogP contribution in [0.4, 0.5) is 11.4 Å². The number of nitrogen functional groups attached to an aromatic ring is 2. The number of nitrogens with two attached hydrogens (primary N) is 2. The Balaban J connectivity index is 1.75. The van der Waals surface area contributed by atoms with Crippen molar-refractivity contribution in [2.45, 2.75) is 0 Å². The second-order valence-corrected chi connectivity index (χ2v) is 5.15. The molecule has 3 aromatic rings. The van der Waals surface area contributed by atoms with Gasteiger partial charge in [0.2, 0.25) is 0 Å². The topological polar surface area (TPSA) is 78.3 Å². The Hall–Kier alpha value is -3.27. The van der Waals surface area contributed by atoms with Gasteiger partial charge in [-0.15, -0.1) is 0 Å². The van der Waals surface area contributed by atoms with Crippen molar-refractivity contribution in [3.05, 3.63) is 83.9 Å². The van der Waals surface area contributed by atoms with E-state index in [2.05, 4.69) is 0 Å². The number of anilines is 2. The molecule has 0 amide bonds. The summed E-state index contributed by atoms with van der Waals surface area (Å²) in [6.45, 7) is 0. The molecule has 4 heteroatoms. The molecule has 0 saturated heterocycles. The summed E-state index contributed by atoms with van der Waals surface area (Å²) in [5, 5.41) is 0. The summed E-state index contributed by atoms with van der Waals surface area (Å²) in [5.41, 5.74) is 13.8. The van der Waals surface area contributed by atoms with E-state index in [0.29, 0.717) is 34.0 Å². The fraction of sp³-hybridized carbons (Fsp3) is 0. The number of carbonyl (C=O) groups is 1. The summed E-state index contributed by atoms with van der Waals surface area (Å²) in [5.74, 6) is 1.30.